The van der Waals surface area contributed by atoms with Crippen molar-refractivity contribution in [3.8, 4) is 5.75 Å². The van der Waals surface area contributed by atoms with Crippen LogP contribution in [0.4, 0.5) is 0 Å². The van der Waals surface area contributed by atoms with Crippen LogP contribution in [0.15, 0.2) is 24.3 Å². The summed E-state index contributed by atoms with van der Waals surface area (Å²) in [5, 5.41) is 2.48. The van der Waals surface area contributed by atoms with Crippen molar-refractivity contribution >= 4 is 35.8 Å². The first-order valence-corrected chi connectivity index (χ1v) is 10.8. The van der Waals surface area contributed by atoms with Crippen LogP contribution in [0.25, 0.3) is 0 Å². The quantitative estimate of drug-likeness (QED) is 0.292. The SMILES string of the molecule is CC(=O)NC1C(OC(=O)c2ccccc2OC(C)=O)OC(COC(C)=O)C(OC(C)=O)C1OC(C)=O. The van der Waals surface area contributed by atoms with Gasteiger partial charge in [-0.25, -0.2) is 4.79 Å². The molecule has 1 aliphatic rings. The number of nitrogens with one attached hydrogen (secondary N) is 1. The van der Waals surface area contributed by atoms with Crippen LogP contribution in [0.5, 0.6) is 5.75 Å². The van der Waals surface area contributed by atoms with Crippen LogP contribution < -0.4 is 10.1 Å². The fourth-order valence-corrected chi connectivity index (χ4v) is 3.44. The fourth-order valence-electron chi connectivity index (χ4n) is 3.44. The van der Waals surface area contributed by atoms with Crippen LogP contribution in [0, 0.1) is 0 Å². The molecule has 0 aliphatic carbocycles. The lowest BCUT2D eigenvalue weighted by Gasteiger charge is -2.44. The number of ether oxygens (including phenoxy) is 6. The van der Waals surface area contributed by atoms with Crippen LogP contribution in [-0.4, -0.2) is 73.0 Å². The van der Waals surface area contributed by atoms with Gasteiger partial charge in [0.05, 0.1) is 0 Å². The third-order valence-corrected chi connectivity index (χ3v) is 4.66. The first-order chi connectivity index (χ1) is 16.9. The van der Waals surface area contributed by atoms with Crippen molar-refractivity contribution in [1.82, 2.24) is 5.32 Å². The summed E-state index contributed by atoms with van der Waals surface area (Å²) in [4.78, 5) is 71.5. The number of hydrogen-bond donors (Lipinski definition) is 1. The summed E-state index contributed by atoms with van der Waals surface area (Å²) in [5.41, 5.74) is -0.138. The summed E-state index contributed by atoms with van der Waals surface area (Å²) in [5.74, 6) is -4.65. The average molecular weight is 509 g/mol. The van der Waals surface area contributed by atoms with Crippen LogP contribution in [0.2, 0.25) is 0 Å². The number of benzene rings is 1. The number of carbonyl (C=O) groups is 6. The maximum absolute atomic E-state index is 13.0. The van der Waals surface area contributed by atoms with E-state index in [1.165, 1.54) is 24.3 Å². The van der Waals surface area contributed by atoms with Gasteiger partial charge in [-0.2, -0.15) is 0 Å². The van der Waals surface area contributed by atoms with Crippen molar-refractivity contribution in [1.29, 1.82) is 0 Å². The third-order valence-electron chi connectivity index (χ3n) is 4.66. The summed E-state index contributed by atoms with van der Waals surface area (Å²) in [6.07, 6.45) is -5.60. The first-order valence-electron chi connectivity index (χ1n) is 10.8. The molecule has 1 aromatic carbocycles. The maximum Gasteiger partial charge on any atom is 0.344 e. The van der Waals surface area contributed by atoms with Gasteiger partial charge >= 0.3 is 29.8 Å². The van der Waals surface area contributed by atoms with Gasteiger partial charge in [0.15, 0.2) is 12.2 Å². The highest BCUT2D eigenvalue weighted by Crippen LogP contribution is 2.29. The Kier molecular flexibility index (Phi) is 9.91. The van der Waals surface area contributed by atoms with E-state index in [2.05, 4.69) is 5.32 Å². The Labute approximate surface area is 206 Å². The molecule has 1 N–H and O–H groups in total. The molecule has 0 bridgehead atoms. The van der Waals surface area contributed by atoms with Gasteiger partial charge in [0.2, 0.25) is 12.2 Å². The molecule has 13 heteroatoms. The van der Waals surface area contributed by atoms with E-state index < -0.39 is 73.0 Å². The number of amides is 1. The van der Waals surface area contributed by atoms with Gasteiger partial charge in [-0.15, -0.1) is 0 Å². The topological polar surface area (TPSA) is 170 Å². The van der Waals surface area contributed by atoms with Crippen molar-refractivity contribution in [3.63, 3.8) is 0 Å². The van der Waals surface area contributed by atoms with E-state index in [0.29, 0.717) is 0 Å². The molecule has 1 aromatic rings. The van der Waals surface area contributed by atoms with E-state index in [1.807, 2.05) is 0 Å². The van der Waals surface area contributed by atoms with Crippen molar-refractivity contribution in [2.24, 2.45) is 0 Å². The standard InChI is InChI=1S/C23H27NO12/c1-11(25)24-19-21(34-15(5)29)20(33-14(4)28)18(10-31-12(2)26)35-23(19)36-22(30)16-8-6-7-9-17(16)32-13(3)27/h6-9,18-21,23H,10H2,1-5H3,(H,24,25). The molecule has 36 heavy (non-hydrogen) atoms. The summed E-state index contributed by atoms with van der Waals surface area (Å²) >= 11 is 0. The molecule has 5 unspecified atom stereocenters. The second-order valence-corrected chi connectivity index (χ2v) is 7.72. The fraction of sp³-hybridized carbons (Fsp3) is 0.478. The minimum atomic E-state index is -1.61. The molecular weight excluding hydrogens is 482 g/mol. The van der Waals surface area contributed by atoms with Gasteiger partial charge in [0.25, 0.3) is 0 Å². The lowest BCUT2D eigenvalue weighted by molar-refractivity contribution is -0.263. The van der Waals surface area contributed by atoms with Crippen molar-refractivity contribution in [2.45, 2.75) is 65.3 Å². The van der Waals surface area contributed by atoms with Crippen molar-refractivity contribution < 1.29 is 57.2 Å². The Bertz CT molecular complexity index is 1020. The van der Waals surface area contributed by atoms with Gasteiger partial charge < -0.3 is 33.7 Å². The highest BCUT2D eigenvalue weighted by atomic mass is 16.7. The maximum atomic E-state index is 13.0. The van der Waals surface area contributed by atoms with Gasteiger partial charge in [-0.1, -0.05) is 12.1 Å². The predicted molar refractivity (Wildman–Crippen MR) is 117 cm³/mol. The second kappa shape index (κ2) is 12.6. The summed E-state index contributed by atoms with van der Waals surface area (Å²) in [6, 6.07) is 4.39. The molecule has 5 atom stereocenters. The van der Waals surface area contributed by atoms with E-state index in [9.17, 15) is 28.8 Å². The molecule has 0 radical (unpaired) electrons. The van der Waals surface area contributed by atoms with Crippen LogP contribution in [-0.2, 0) is 47.7 Å². The van der Waals surface area contributed by atoms with Gasteiger partial charge in [0, 0.05) is 34.6 Å². The molecule has 2 rings (SSSR count). The smallest absolute Gasteiger partial charge is 0.344 e. The molecule has 1 aliphatic heterocycles. The Morgan fingerprint density at radius 1 is 0.806 bits per heavy atom. The van der Waals surface area contributed by atoms with Gasteiger partial charge in [0.1, 0.15) is 30.1 Å². The van der Waals surface area contributed by atoms with E-state index in [1.54, 1.807) is 0 Å². The largest absolute Gasteiger partial charge is 0.463 e. The van der Waals surface area contributed by atoms with Crippen LogP contribution in [0.1, 0.15) is 45.0 Å². The Morgan fingerprint density at radius 3 is 1.97 bits per heavy atom. The number of carbonyl (C=O) groups excluding carboxylic acids is 6. The van der Waals surface area contributed by atoms with Gasteiger partial charge in [-0.05, 0) is 12.1 Å². The van der Waals surface area contributed by atoms with Crippen molar-refractivity contribution in [3.05, 3.63) is 29.8 Å². The number of hydrogen-bond acceptors (Lipinski definition) is 12. The average Bonchev–Trinajstić information content (AvgIpc) is 2.75. The number of para-hydroxylation sites is 1. The van der Waals surface area contributed by atoms with Crippen molar-refractivity contribution in [2.75, 3.05) is 6.61 Å². The van der Waals surface area contributed by atoms with E-state index in [0.717, 1.165) is 34.6 Å². The highest BCUT2D eigenvalue weighted by Gasteiger charge is 2.52. The highest BCUT2D eigenvalue weighted by molar-refractivity contribution is 5.93. The lowest BCUT2D eigenvalue weighted by atomic mass is 9.96. The van der Waals surface area contributed by atoms with Gasteiger partial charge in [-0.3, -0.25) is 24.0 Å². The Morgan fingerprint density at radius 2 is 1.42 bits per heavy atom. The molecule has 1 amide bonds. The zero-order chi connectivity index (χ0) is 27.0. The molecule has 13 nitrogen and oxygen atoms in total. The Hall–Kier alpha value is -4.00. The molecule has 1 fully saturated rings. The number of esters is 5. The van der Waals surface area contributed by atoms with Crippen LogP contribution in [0.3, 0.4) is 0 Å². The van der Waals surface area contributed by atoms with E-state index >= 15 is 0 Å². The summed E-state index contributed by atoms with van der Waals surface area (Å²) in [6.45, 7) is 5.16. The normalized spacial score (nSPS) is 23.0. The summed E-state index contributed by atoms with van der Waals surface area (Å²) in [7, 11) is 0. The summed E-state index contributed by atoms with van der Waals surface area (Å²) < 4.78 is 31.9. The molecular formula is C23H27NO12. The zero-order valence-electron chi connectivity index (χ0n) is 20.3. The van der Waals surface area contributed by atoms with E-state index in [4.69, 9.17) is 28.4 Å². The zero-order valence-corrected chi connectivity index (χ0v) is 20.3. The predicted octanol–water partition coefficient (Wildman–Crippen LogP) is 0.425. The molecule has 1 heterocycles. The molecule has 0 aromatic heterocycles. The molecule has 0 saturated carbocycles. The minimum absolute atomic E-state index is 0.0901. The molecule has 196 valence electrons. The minimum Gasteiger partial charge on any atom is -0.463 e. The third kappa shape index (κ3) is 8.05. The van der Waals surface area contributed by atoms with E-state index in [-0.39, 0.29) is 11.3 Å². The lowest BCUT2D eigenvalue weighted by Crippen LogP contribution is -2.66. The van der Waals surface area contributed by atoms with Crippen LogP contribution >= 0.6 is 0 Å². The monoisotopic (exact) mass is 509 g/mol. The second-order valence-electron chi connectivity index (χ2n) is 7.72. The number of rotatable bonds is 8. The molecule has 0 spiro atoms. The Balaban J connectivity index is 2.48. The first kappa shape index (κ1) is 28.2. The molecule has 1 saturated heterocycles.